The molecule has 0 aliphatic carbocycles. The first-order valence-corrected chi connectivity index (χ1v) is 7.55. The summed E-state index contributed by atoms with van der Waals surface area (Å²) in [6, 6.07) is 6.22. The number of non-ortho nitro benzene ring substituents is 1. The van der Waals surface area contributed by atoms with Crippen LogP contribution in [0.3, 0.4) is 0 Å². The molecule has 1 aliphatic rings. The standard InChI is InChI=1S/C15H14N8O2/c1-9-13-15(21-8-16-7-17-21)19-14(20-22(13)10(2)18-9)11-3-5-12(6-4-11)23(24)25/h3-8,15H,1-2H3,(H,19,20). The van der Waals surface area contributed by atoms with Gasteiger partial charge in [0.1, 0.15) is 24.2 Å². The van der Waals surface area contributed by atoms with Gasteiger partial charge in [-0.1, -0.05) is 0 Å². The van der Waals surface area contributed by atoms with Gasteiger partial charge in [0.25, 0.3) is 5.69 Å². The summed E-state index contributed by atoms with van der Waals surface area (Å²) in [6.07, 6.45) is 2.75. The fourth-order valence-electron chi connectivity index (χ4n) is 2.87. The summed E-state index contributed by atoms with van der Waals surface area (Å²) in [6.45, 7) is 3.79. The van der Waals surface area contributed by atoms with E-state index in [1.807, 2.05) is 13.8 Å². The first-order valence-electron chi connectivity index (χ1n) is 7.55. The van der Waals surface area contributed by atoms with Crippen LogP contribution in [0.5, 0.6) is 0 Å². The van der Waals surface area contributed by atoms with Crippen LogP contribution in [0.25, 0.3) is 0 Å². The maximum Gasteiger partial charge on any atom is 0.269 e. The van der Waals surface area contributed by atoms with Crippen LogP contribution in [0.2, 0.25) is 0 Å². The highest BCUT2D eigenvalue weighted by Crippen LogP contribution is 2.25. The van der Waals surface area contributed by atoms with Crippen molar-refractivity contribution < 1.29 is 4.92 Å². The molecule has 0 saturated heterocycles. The number of hydrogen-bond donors (Lipinski definition) is 1. The smallest absolute Gasteiger partial charge is 0.269 e. The molecule has 0 fully saturated rings. The molecule has 1 atom stereocenters. The summed E-state index contributed by atoms with van der Waals surface area (Å²) < 4.78 is 3.44. The van der Waals surface area contributed by atoms with Crippen LogP contribution in [-0.2, 0) is 0 Å². The molecule has 0 spiro atoms. The number of nitro groups is 1. The maximum absolute atomic E-state index is 10.8. The highest BCUT2D eigenvalue weighted by Gasteiger charge is 2.29. The molecule has 0 radical (unpaired) electrons. The van der Waals surface area contributed by atoms with Crippen molar-refractivity contribution in [3.63, 3.8) is 0 Å². The fourth-order valence-corrected chi connectivity index (χ4v) is 2.87. The van der Waals surface area contributed by atoms with Crippen LogP contribution in [0.15, 0.2) is 42.0 Å². The number of hydrogen-bond acceptors (Lipinski definition) is 7. The van der Waals surface area contributed by atoms with Gasteiger partial charge in [0.15, 0.2) is 12.0 Å². The van der Waals surface area contributed by atoms with Crippen LogP contribution in [0.1, 0.15) is 28.9 Å². The Balaban J connectivity index is 1.81. The molecule has 0 saturated carbocycles. The summed E-state index contributed by atoms with van der Waals surface area (Å²) in [4.78, 5) is 18.9. The molecule has 0 amide bonds. The van der Waals surface area contributed by atoms with Crippen molar-refractivity contribution >= 4 is 11.5 Å². The van der Waals surface area contributed by atoms with Gasteiger partial charge in [-0.15, -0.1) is 5.10 Å². The normalized spacial score (nSPS) is 16.1. The fraction of sp³-hybridized carbons (Fsp3) is 0.200. The Kier molecular flexibility index (Phi) is 3.31. The zero-order valence-corrected chi connectivity index (χ0v) is 13.5. The lowest BCUT2D eigenvalue weighted by Gasteiger charge is -2.26. The van der Waals surface area contributed by atoms with Crippen LogP contribution >= 0.6 is 0 Å². The Bertz CT molecular complexity index is 972. The van der Waals surface area contributed by atoms with E-state index in [1.165, 1.54) is 18.5 Å². The molecule has 10 heteroatoms. The molecule has 1 N–H and O–H groups in total. The van der Waals surface area contributed by atoms with Crippen LogP contribution in [-0.4, -0.2) is 35.2 Å². The largest absolute Gasteiger partial charge is 0.341 e. The number of amidine groups is 1. The molecular formula is C15H14N8O2. The predicted octanol–water partition coefficient (Wildman–Crippen LogP) is 1.36. The van der Waals surface area contributed by atoms with Gasteiger partial charge < -0.3 is 5.32 Å². The van der Waals surface area contributed by atoms with Crippen molar-refractivity contribution in [1.29, 1.82) is 0 Å². The average molecular weight is 338 g/mol. The van der Waals surface area contributed by atoms with E-state index in [9.17, 15) is 10.1 Å². The topological polar surface area (TPSA) is 116 Å². The monoisotopic (exact) mass is 338 g/mol. The van der Waals surface area contributed by atoms with Crippen molar-refractivity contribution in [2.75, 3.05) is 0 Å². The lowest BCUT2D eigenvalue weighted by molar-refractivity contribution is -0.384. The second-order valence-corrected chi connectivity index (χ2v) is 5.62. The van der Waals surface area contributed by atoms with Crippen molar-refractivity contribution in [1.82, 2.24) is 29.7 Å². The Labute approximate surface area is 142 Å². The highest BCUT2D eigenvalue weighted by molar-refractivity contribution is 5.99. The van der Waals surface area contributed by atoms with Gasteiger partial charge in [0.05, 0.1) is 10.6 Å². The minimum absolute atomic E-state index is 0.0309. The molecule has 0 bridgehead atoms. The van der Waals surface area contributed by atoms with Gasteiger partial charge in [-0.05, 0) is 26.0 Å². The number of nitrogens with one attached hydrogen (secondary N) is 1. The Morgan fingerprint density at radius 2 is 2.00 bits per heavy atom. The third kappa shape index (κ3) is 2.43. The summed E-state index contributed by atoms with van der Waals surface area (Å²) >= 11 is 0. The number of nitrogens with zero attached hydrogens (tertiary/aromatic N) is 7. The van der Waals surface area contributed by atoms with Crippen molar-refractivity contribution in [3.05, 3.63) is 69.8 Å². The molecule has 3 aromatic rings. The predicted molar refractivity (Wildman–Crippen MR) is 88.0 cm³/mol. The number of fused-ring (bicyclic) bond motifs is 1. The van der Waals surface area contributed by atoms with E-state index in [2.05, 4.69) is 25.5 Å². The maximum atomic E-state index is 10.8. The number of rotatable bonds is 3. The summed E-state index contributed by atoms with van der Waals surface area (Å²) in [5, 5.41) is 23.0. The van der Waals surface area contributed by atoms with E-state index in [1.54, 1.807) is 27.8 Å². The van der Waals surface area contributed by atoms with Gasteiger partial charge in [0, 0.05) is 17.7 Å². The van der Waals surface area contributed by atoms with E-state index in [0.29, 0.717) is 5.84 Å². The highest BCUT2D eigenvalue weighted by atomic mass is 16.6. The van der Waals surface area contributed by atoms with E-state index in [-0.39, 0.29) is 11.9 Å². The lowest BCUT2D eigenvalue weighted by atomic mass is 10.1. The molecule has 126 valence electrons. The molecule has 4 rings (SSSR count). The number of nitro benzene ring substituents is 1. The quantitative estimate of drug-likeness (QED) is 0.569. The van der Waals surface area contributed by atoms with Gasteiger partial charge in [-0.25, -0.2) is 19.3 Å². The van der Waals surface area contributed by atoms with Gasteiger partial charge >= 0.3 is 0 Å². The molecule has 1 aliphatic heterocycles. The second-order valence-electron chi connectivity index (χ2n) is 5.62. The molecule has 10 nitrogen and oxygen atoms in total. The molecular weight excluding hydrogens is 324 g/mol. The zero-order chi connectivity index (χ0) is 17.6. The van der Waals surface area contributed by atoms with Crippen molar-refractivity contribution in [3.8, 4) is 0 Å². The minimum atomic E-state index is -0.431. The summed E-state index contributed by atoms with van der Waals surface area (Å²) in [5.41, 5.74) is 2.47. The minimum Gasteiger partial charge on any atom is -0.341 e. The van der Waals surface area contributed by atoms with Crippen LogP contribution < -0.4 is 5.32 Å². The third-order valence-electron chi connectivity index (χ3n) is 4.02. The van der Waals surface area contributed by atoms with Gasteiger partial charge in [-0.2, -0.15) is 5.10 Å². The Hall–Kier alpha value is -3.56. The van der Waals surface area contributed by atoms with Crippen molar-refractivity contribution in [2.24, 2.45) is 5.10 Å². The van der Waals surface area contributed by atoms with Gasteiger partial charge in [-0.3, -0.25) is 10.1 Å². The summed E-state index contributed by atoms with van der Waals surface area (Å²) in [5.74, 6) is 1.32. The van der Waals surface area contributed by atoms with Crippen molar-refractivity contribution in [2.45, 2.75) is 20.0 Å². The van der Waals surface area contributed by atoms with Crippen LogP contribution in [0.4, 0.5) is 5.69 Å². The van der Waals surface area contributed by atoms with E-state index < -0.39 is 4.92 Å². The number of aryl methyl sites for hydroxylation is 2. The van der Waals surface area contributed by atoms with E-state index in [0.717, 1.165) is 22.8 Å². The number of imidazole rings is 1. The SMILES string of the molecule is Cc1nc(C)n2c1C(n1cncn1)NC(c1ccc([N+](=O)[O-])cc1)=N2. The zero-order valence-electron chi connectivity index (χ0n) is 13.5. The average Bonchev–Trinajstić information content (AvgIpc) is 3.23. The van der Waals surface area contributed by atoms with Crippen LogP contribution in [0, 0.1) is 24.0 Å². The Morgan fingerprint density at radius 3 is 2.64 bits per heavy atom. The lowest BCUT2D eigenvalue weighted by Crippen LogP contribution is -2.39. The Morgan fingerprint density at radius 1 is 1.24 bits per heavy atom. The molecule has 3 heterocycles. The molecule has 2 aromatic heterocycles. The van der Waals surface area contributed by atoms with E-state index in [4.69, 9.17) is 0 Å². The first-order chi connectivity index (χ1) is 12.0. The summed E-state index contributed by atoms with van der Waals surface area (Å²) in [7, 11) is 0. The number of benzene rings is 1. The molecule has 25 heavy (non-hydrogen) atoms. The molecule has 1 unspecified atom stereocenters. The number of aromatic nitrogens is 5. The van der Waals surface area contributed by atoms with E-state index >= 15 is 0 Å². The third-order valence-corrected chi connectivity index (χ3v) is 4.02. The van der Waals surface area contributed by atoms with Gasteiger partial charge in [0.2, 0.25) is 0 Å². The second kappa shape index (κ2) is 5.51. The first kappa shape index (κ1) is 15.0. The molecule has 1 aromatic carbocycles.